The largest absolute Gasteiger partial charge is 0.385 e. The van der Waals surface area contributed by atoms with Gasteiger partial charge in [0, 0.05) is 18.4 Å². The average Bonchev–Trinajstić information content (AvgIpc) is 2.54. The molecule has 1 heterocycles. The van der Waals surface area contributed by atoms with Crippen LogP contribution in [0.4, 0.5) is 11.4 Å². The molecule has 0 bridgehead atoms. The smallest absolute Gasteiger partial charge is 0.274 e. The van der Waals surface area contributed by atoms with Crippen LogP contribution < -0.4 is 10.6 Å². The minimum Gasteiger partial charge on any atom is -0.385 e. The van der Waals surface area contributed by atoms with Gasteiger partial charge in [0.2, 0.25) is 0 Å². The van der Waals surface area contributed by atoms with Gasteiger partial charge in [-0.25, -0.2) is 0 Å². The van der Waals surface area contributed by atoms with E-state index < -0.39 is 0 Å². The predicted octanol–water partition coefficient (Wildman–Crippen LogP) is 3.35. The maximum atomic E-state index is 12.3. The SMILES string of the molecule is CN(C)CCCNc1ccnc(C(=O)Nc2ccccc2Cl)c1. The molecule has 0 fully saturated rings. The van der Waals surface area contributed by atoms with Crippen LogP contribution in [0.15, 0.2) is 42.6 Å². The molecule has 122 valence electrons. The molecule has 5 nitrogen and oxygen atoms in total. The summed E-state index contributed by atoms with van der Waals surface area (Å²) in [6.45, 7) is 1.85. The van der Waals surface area contributed by atoms with Gasteiger partial charge in [-0.15, -0.1) is 0 Å². The molecule has 0 radical (unpaired) electrons. The summed E-state index contributed by atoms with van der Waals surface area (Å²) >= 11 is 6.05. The monoisotopic (exact) mass is 332 g/mol. The summed E-state index contributed by atoms with van der Waals surface area (Å²) in [4.78, 5) is 18.5. The first kappa shape index (κ1) is 17.2. The summed E-state index contributed by atoms with van der Waals surface area (Å²) in [6, 6.07) is 10.7. The number of amides is 1. The van der Waals surface area contributed by atoms with Crippen molar-refractivity contribution in [1.29, 1.82) is 0 Å². The molecule has 6 heteroatoms. The standard InChI is InChI=1S/C17H21ClN4O/c1-22(2)11-5-9-19-13-8-10-20-16(12-13)17(23)21-15-7-4-3-6-14(15)18/h3-4,6-8,10,12H,5,9,11H2,1-2H3,(H,19,20)(H,21,23). The number of para-hydroxylation sites is 1. The Labute approximate surface area is 141 Å². The Bertz CT molecular complexity index is 661. The van der Waals surface area contributed by atoms with Gasteiger partial charge in [0.05, 0.1) is 10.7 Å². The Morgan fingerprint density at radius 2 is 2.04 bits per heavy atom. The highest BCUT2D eigenvalue weighted by atomic mass is 35.5. The molecule has 1 amide bonds. The lowest BCUT2D eigenvalue weighted by atomic mass is 10.2. The van der Waals surface area contributed by atoms with E-state index in [4.69, 9.17) is 11.6 Å². The quantitative estimate of drug-likeness (QED) is 0.763. The normalized spacial score (nSPS) is 10.6. The maximum Gasteiger partial charge on any atom is 0.274 e. The number of rotatable bonds is 7. The van der Waals surface area contributed by atoms with E-state index in [1.807, 2.05) is 32.3 Å². The third-order valence-electron chi connectivity index (χ3n) is 3.23. The van der Waals surface area contributed by atoms with Crippen LogP contribution in [0.5, 0.6) is 0 Å². The highest BCUT2D eigenvalue weighted by molar-refractivity contribution is 6.33. The molecule has 0 saturated carbocycles. The number of nitrogens with zero attached hydrogens (tertiary/aromatic N) is 2. The first-order valence-corrected chi connectivity index (χ1v) is 7.84. The van der Waals surface area contributed by atoms with Gasteiger partial charge in [0.25, 0.3) is 5.91 Å². The Balaban J connectivity index is 1.96. The number of benzene rings is 1. The molecule has 1 aromatic carbocycles. The van der Waals surface area contributed by atoms with Crippen molar-refractivity contribution in [2.45, 2.75) is 6.42 Å². The minimum atomic E-state index is -0.282. The van der Waals surface area contributed by atoms with E-state index in [0.29, 0.717) is 16.4 Å². The first-order chi connectivity index (χ1) is 11.1. The molecule has 0 aliphatic rings. The van der Waals surface area contributed by atoms with Crippen molar-refractivity contribution >= 4 is 28.9 Å². The van der Waals surface area contributed by atoms with Crippen LogP contribution in [0.1, 0.15) is 16.9 Å². The molecule has 0 spiro atoms. The fraction of sp³-hybridized carbons (Fsp3) is 0.294. The van der Waals surface area contributed by atoms with Crippen LogP contribution in [-0.4, -0.2) is 43.0 Å². The second kappa shape index (κ2) is 8.50. The van der Waals surface area contributed by atoms with Gasteiger partial charge in [-0.1, -0.05) is 23.7 Å². The lowest BCUT2D eigenvalue weighted by Crippen LogP contribution is -2.17. The highest BCUT2D eigenvalue weighted by Crippen LogP contribution is 2.21. The number of carbonyl (C=O) groups excluding carboxylic acids is 1. The number of nitrogens with one attached hydrogen (secondary N) is 2. The molecular weight excluding hydrogens is 312 g/mol. The lowest BCUT2D eigenvalue weighted by Gasteiger charge is -2.11. The Morgan fingerprint density at radius 1 is 1.26 bits per heavy atom. The van der Waals surface area contributed by atoms with E-state index in [-0.39, 0.29) is 5.91 Å². The zero-order chi connectivity index (χ0) is 16.7. The summed E-state index contributed by atoms with van der Waals surface area (Å²) in [5, 5.41) is 6.56. The molecule has 0 saturated heterocycles. The fourth-order valence-corrected chi connectivity index (χ4v) is 2.22. The Morgan fingerprint density at radius 3 is 2.78 bits per heavy atom. The molecule has 2 rings (SSSR count). The molecule has 0 aliphatic heterocycles. The number of pyridine rings is 1. The van der Waals surface area contributed by atoms with Crippen molar-refractivity contribution in [3.8, 4) is 0 Å². The Hall–Kier alpha value is -2.11. The molecule has 1 aromatic heterocycles. The molecule has 2 aromatic rings. The van der Waals surface area contributed by atoms with Crippen molar-refractivity contribution in [3.63, 3.8) is 0 Å². The Kier molecular flexibility index (Phi) is 6.38. The van der Waals surface area contributed by atoms with Gasteiger partial charge < -0.3 is 15.5 Å². The summed E-state index contributed by atoms with van der Waals surface area (Å²) in [6.07, 6.45) is 2.65. The van der Waals surface area contributed by atoms with E-state index in [1.165, 1.54) is 0 Å². The third-order valence-corrected chi connectivity index (χ3v) is 3.56. The van der Waals surface area contributed by atoms with Gasteiger partial charge in [-0.05, 0) is 51.3 Å². The van der Waals surface area contributed by atoms with Crippen LogP contribution in [0.2, 0.25) is 5.02 Å². The number of halogens is 1. The second-order valence-corrected chi connectivity index (χ2v) is 5.85. The summed E-state index contributed by atoms with van der Waals surface area (Å²) in [7, 11) is 4.09. The van der Waals surface area contributed by atoms with E-state index in [1.54, 1.807) is 24.4 Å². The van der Waals surface area contributed by atoms with Crippen LogP contribution in [0, 0.1) is 0 Å². The number of anilines is 2. The first-order valence-electron chi connectivity index (χ1n) is 7.47. The molecule has 0 aliphatic carbocycles. The summed E-state index contributed by atoms with van der Waals surface area (Å²) in [5.74, 6) is -0.282. The van der Waals surface area contributed by atoms with Gasteiger partial charge in [-0.2, -0.15) is 0 Å². The fourth-order valence-electron chi connectivity index (χ4n) is 2.04. The second-order valence-electron chi connectivity index (χ2n) is 5.45. The zero-order valence-electron chi connectivity index (χ0n) is 13.3. The van der Waals surface area contributed by atoms with Gasteiger partial charge in [0.1, 0.15) is 5.69 Å². The lowest BCUT2D eigenvalue weighted by molar-refractivity contribution is 0.102. The number of carbonyl (C=O) groups is 1. The summed E-state index contributed by atoms with van der Waals surface area (Å²) < 4.78 is 0. The third kappa shape index (κ3) is 5.54. The van der Waals surface area contributed by atoms with Crippen LogP contribution in [-0.2, 0) is 0 Å². The molecule has 0 atom stereocenters. The van der Waals surface area contributed by atoms with E-state index >= 15 is 0 Å². The predicted molar refractivity (Wildman–Crippen MR) is 95.3 cm³/mol. The highest BCUT2D eigenvalue weighted by Gasteiger charge is 2.10. The maximum absolute atomic E-state index is 12.3. The topological polar surface area (TPSA) is 57.3 Å². The van der Waals surface area contributed by atoms with Gasteiger partial charge in [0.15, 0.2) is 0 Å². The van der Waals surface area contributed by atoms with Crippen molar-refractivity contribution in [1.82, 2.24) is 9.88 Å². The van der Waals surface area contributed by atoms with Crippen molar-refractivity contribution in [2.24, 2.45) is 0 Å². The van der Waals surface area contributed by atoms with Crippen LogP contribution in [0.25, 0.3) is 0 Å². The zero-order valence-corrected chi connectivity index (χ0v) is 14.1. The summed E-state index contributed by atoms with van der Waals surface area (Å²) in [5.41, 5.74) is 1.80. The molecule has 2 N–H and O–H groups in total. The number of aromatic nitrogens is 1. The van der Waals surface area contributed by atoms with Gasteiger partial charge >= 0.3 is 0 Å². The van der Waals surface area contributed by atoms with E-state index in [9.17, 15) is 4.79 Å². The molecular formula is C17H21ClN4O. The minimum absolute atomic E-state index is 0.282. The van der Waals surface area contributed by atoms with Crippen LogP contribution >= 0.6 is 11.6 Å². The van der Waals surface area contributed by atoms with Crippen molar-refractivity contribution in [3.05, 3.63) is 53.3 Å². The molecule has 23 heavy (non-hydrogen) atoms. The number of hydrogen-bond acceptors (Lipinski definition) is 4. The van der Waals surface area contributed by atoms with E-state index in [2.05, 4.69) is 20.5 Å². The van der Waals surface area contributed by atoms with Gasteiger partial charge in [-0.3, -0.25) is 9.78 Å². The van der Waals surface area contributed by atoms with Crippen molar-refractivity contribution < 1.29 is 4.79 Å². The average molecular weight is 333 g/mol. The van der Waals surface area contributed by atoms with Crippen molar-refractivity contribution in [2.75, 3.05) is 37.8 Å². The number of hydrogen-bond donors (Lipinski definition) is 2. The van der Waals surface area contributed by atoms with E-state index in [0.717, 1.165) is 25.2 Å². The molecule has 0 unspecified atom stereocenters. The van der Waals surface area contributed by atoms with Crippen LogP contribution in [0.3, 0.4) is 0 Å².